The number of para-hydroxylation sites is 1. The maximum Gasteiger partial charge on any atom is 0.311 e. The van der Waals surface area contributed by atoms with Gasteiger partial charge < -0.3 is 10.5 Å². The third kappa shape index (κ3) is 3.09. The highest BCUT2D eigenvalue weighted by atomic mass is 16.5. The van der Waals surface area contributed by atoms with Crippen molar-refractivity contribution in [2.24, 2.45) is 5.73 Å². The normalized spacial score (nSPS) is 9.67. The summed E-state index contributed by atoms with van der Waals surface area (Å²) < 4.78 is 5.01. The van der Waals surface area contributed by atoms with E-state index in [0.717, 1.165) is 0 Å². The van der Waals surface area contributed by atoms with Crippen LogP contribution in [0.15, 0.2) is 24.3 Å². The minimum absolute atomic E-state index is 0.224. The fraction of sp³-hybridized carbons (Fsp3) is 0.273. The molecule has 0 unspecified atom stereocenters. The van der Waals surface area contributed by atoms with E-state index in [1.165, 1.54) is 6.07 Å². The van der Waals surface area contributed by atoms with Crippen molar-refractivity contribution in [3.8, 4) is 5.75 Å². The Bertz CT molecular complexity index is 374. The van der Waals surface area contributed by atoms with Gasteiger partial charge in [0.05, 0.1) is 5.56 Å². The molecule has 0 aliphatic heterocycles. The van der Waals surface area contributed by atoms with Crippen LogP contribution in [0.4, 0.5) is 0 Å². The number of primary amides is 1. The average molecular weight is 207 g/mol. The third-order valence-corrected chi connectivity index (χ3v) is 1.83. The molecule has 0 aliphatic rings. The van der Waals surface area contributed by atoms with E-state index in [1.807, 2.05) is 6.92 Å². The fourth-order valence-electron chi connectivity index (χ4n) is 1.14. The molecule has 0 fully saturated rings. The Morgan fingerprint density at radius 1 is 1.33 bits per heavy atom. The summed E-state index contributed by atoms with van der Waals surface area (Å²) in [7, 11) is 0. The molecule has 4 heteroatoms. The summed E-state index contributed by atoms with van der Waals surface area (Å²) in [4.78, 5) is 22.2. The number of hydrogen-bond acceptors (Lipinski definition) is 3. The van der Waals surface area contributed by atoms with Gasteiger partial charge in [0.2, 0.25) is 0 Å². The zero-order chi connectivity index (χ0) is 11.3. The number of ether oxygens (including phenoxy) is 1. The van der Waals surface area contributed by atoms with Crippen LogP contribution < -0.4 is 10.5 Å². The second kappa shape index (κ2) is 5.14. The molecular weight excluding hydrogens is 194 g/mol. The molecule has 4 nitrogen and oxygen atoms in total. The molecule has 80 valence electrons. The van der Waals surface area contributed by atoms with E-state index in [0.29, 0.717) is 12.8 Å². The molecule has 0 spiro atoms. The topological polar surface area (TPSA) is 69.4 Å². The first kappa shape index (κ1) is 11.2. The molecule has 0 heterocycles. The van der Waals surface area contributed by atoms with Gasteiger partial charge in [-0.25, -0.2) is 0 Å². The van der Waals surface area contributed by atoms with E-state index in [1.54, 1.807) is 18.2 Å². The Labute approximate surface area is 88.0 Å². The predicted molar refractivity (Wildman–Crippen MR) is 55.5 cm³/mol. The summed E-state index contributed by atoms with van der Waals surface area (Å²) in [6, 6.07) is 6.42. The van der Waals surface area contributed by atoms with Gasteiger partial charge in [0, 0.05) is 6.42 Å². The lowest BCUT2D eigenvalue weighted by atomic mass is 10.2. The van der Waals surface area contributed by atoms with Crippen LogP contribution in [0, 0.1) is 0 Å². The lowest BCUT2D eigenvalue weighted by Crippen LogP contribution is -2.15. The number of carbonyl (C=O) groups is 2. The summed E-state index contributed by atoms with van der Waals surface area (Å²) in [6.45, 7) is 1.88. The number of nitrogens with two attached hydrogens (primary N) is 1. The summed E-state index contributed by atoms with van der Waals surface area (Å²) in [5, 5.41) is 0. The van der Waals surface area contributed by atoms with Crippen molar-refractivity contribution in [1.82, 2.24) is 0 Å². The van der Waals surface area contributed by atoms with Gasteiger partial charge in [0.15, 0.2) is 0 Å². The monoisotopic (exact) mass is 207 g/mol. The van der Waals surface area contributed by atoms with E-state index in [9.17, 15) is 9.59 Å². The zero-order valence-electron chi connectivity index (χ0n) is 8.53. The van der Waals surface area contributed by atoms with Crippen LogP contribution in [0.5, 0.6) is 5.75 Å². The fourth-order valence-corrected chi connectivity index (χ4v) is 1.14. The highest BCUT2D eigenvalue weighted by Crippen LogP contribution is 2.17. The summed E-state index contributed by atoms with van der Waals surface area (Å²) in [5.41, 5.74) is 5.36. The van der Waals surface area contributed by atoms with Gasteiger partial charge in [-0.05, 0) is 18.6 Å². The van der Waals surface area contributed by atoms with Crippen molar-refractivity contribution < 1.29 is 14.3 Å². The zero-order valence-corrected chi connectivity index (χ0v) is 8.53. The van der Waals surface area contributed by atoms with Crippen LogP contribution in [0.2, 0.25) is 0 Å². The van der Waals surface area contributed by atoms with Crippen molar-refractivity contribution in [1.29, 1.82) is 0 Å². The average Bonchev–Trinajstić information content (AvgIpc) is 2.18. The molecule has 2 N–H and O–H groups in total. The Morgan fingerprint density at radius 2 is 2.00 bits per heavy atom. The van der Waals surface area contributed by atoms with E-state index in [4.69, 9.17) is 10.5 Å². The molecular formula is C11H13NO3. The summed E-state index contributed by atoms with van der Waals surface area (Å²) in [5.74, 6) is -0.732. The van der Waals surface area contributed by atoms with Gasteiger partial charge in [-0.3, -0.25) is 9.59 Å². The van der Waals surface area contributed by atoms with Crippen molar-refractivity contribution in [3.05, 3.63) is 29.8 Å². The molecule has 0 saturated carbocycles. The number of esters is 1. The molecule has 15 heavy (non-hydrogen) atoms. The number of carbonyl (C=O) groups excluding carboxylic acids is 2. The predicted octanol–water partition coefficient (Wildman–Crippen LogP) is 1.49. The lowest BCUT2D eigenvalue weighted by molar-refractivity contribution is -0.134. The van der Waals surface area contributed by atoms with E-state index >= 15 is 0 Å². The molecule has 0 saturated heterocycles. The second-order valence-electron chi connectivity index (χ2n) is 3.08. The van der Waals surface area contributed by atoms with Crippen LogP contribution in [0.1, 0.15) is 30.1 Å². The summed E-state index contributed by atoms with van der Waals surface area (Å²) in [6.07, 6.45) is 1.03. The quantitative estimate of drug-likeness (QED) is 0.600. The van der Waals surface area contributed by atoms with Crippen molar-refractivity contribution >= 4 is 11.9 Å². The van der Waals surface area contributed by atoms with Gasteiger partial charge in [-0.1, -0.05) is 19.1 Å². The SMILES string of the molecule is CCCC(=O)Oc1ccccc1C(N)=O. The van der Waals surface area contributed by atoms with Gasteiger partial charge >= 0.3 is 5.97 Å². The number of hydrogen-bond donors (Lipinski definition) is 1. The minimum Gasteiger partial charge on any atom is -0.426 e. The Balaban J connectivity index is 2.84. The highest BCUT2D eigenvalue weighted by molar-refractivity contribution is 5.96. The van der Waals surface area contributed by atoms with E-state index < -0.39 is 5.91 Å². The molecule has 0 aromatic heterocycles. The van der Waals surface area contributed by atoms with Crippen molar-refractivity contribution in [2.75, 3.05) is 0 Å². The lowest BCUT2D eigenvalue weighted by Gasteiger charge is -2.06. The van der Waals surface area contributed by atoms with Crippen LogP contribution in [-0.2, 0) is 4.79 Å². The van der Waals surface area contributed by atoms with Crippen LogP contribution in [-0.4, -0.2) is 11.9 Å². The van der Waals surface area contributed by atoms with E-state index in [-0.39, 0.29) is 17.3 Å². The molecule has 1 amide bonds. The van der Waals surface area contributed by atoms with Crippen LogP contribution in [0.3, 0.4) is 0 Å². The van der Waals surface area contributed by atoms with Crippen molar-refractivity contribution in [2.45, 2.75) is 19.8 Å². The van der Waals surface area contributed by atoms with Gasteiger partial charge in [0.1, 0.15) is 5.75 Å². The highest BCUT2D eigenvalue weighted by Gasteiger charge is 2.11. The first-order valence-electron chi connectivity index (χ1n) is 4.74. The first-order chi connectivity index (χ1) is 7.15. The smallest absolute Gasteiger partial charge is 0.311 e. The Morgan fingerprint density at radius 3 is 2.60 bits per heavy atom. The van der Waals surface area contributed by atoms with E-state index in [2.05, 4.69) is 0 Å². The van der Waals surface area contributed by atoms with Gasteiger partial charge in [0.25, 0.3) is 5.91 Å². The van der Waals surface area contributed by atoms with Crippen LogP contribution >= 0.6 is 0 Å². The maximum absolute atomic E-state index is 11.2. The molecule has 0 aliphatic carbocycles. The number of rotatable bonds is 4. The molecule has 1 rings (SSSR count). The van der Waals surface area contributed by atoms with Crippen molar-refractivity contribution in [3.63, 3.8) is 0 Å². The molecule has 1 aromatic carbocycles. The number of amides is 1. The van der Waals surface area contributed by atoms with Gasteiger partial charge in [-0.15, -0.1) is 0 Å². The van der Waals surface area contributed by atoms with Crippen LogP contribution in [0.25, 0.3) is 0 Å². The molecule has 0 radical (unpaired) electrons. The first-order valence-corrected chi connectivity index (χ1v) is 4.74. The third-order valence-electron chi connectivity index (χ3n) is 1.83. The molecule has 0 atom stereocenters. The number of benzene rings is 1. The molecule has 1 aromatic rings. The second-order valence-corrected chi connectivity index (χ2v) is 3.08. The minimum atomic E-state index is -0.602. The Kier molecular flexibility index (Phi) is 3.85. The largest absolute Gasteiger partial charge is 0.426 e. The standard InChI is InChI=1S/C11H13NO3/c1-2-5-10(13)15-9-7-4-3-6-8(9)11(12)14/h3-4,6-7H,2,5H2,1H3,(H2,12,14). The summed E-state index contributed by atoms with van der Waals surface area (Å²) >= 11 is 0. The molecule has 0 bridgehead atoms. The Hall–Kier alpha value is -1.84. The van der Waals surface area contributed by atoms with Gasteiger partial charge in [-0.2, -0.15) is 0 Å². The maximum atomic E-state index is 11.2.